The molecular weight excluding hydrogens is 260 g/mol. The number of rotatable bonds is 12. The highest BCUT2D eigenvalue weighted by molar-refractivity contribution is 6.53. The topological polar surface area (TPSA) is 36.9 Å². The normalized spacial score (nSPS) is 12.6. The molecule has 0 bridgehead atoms. The van der Waals surface area contributed by atoms with Crippen LogP contribution in [0.25, 0.3) is 0 Å². The molecule has 0 heterocycles. The number of hydrogen-bond acceptors (Lipinski definition) is 4. The van der Waals surface area contributed by atoms with Gasteiger partial charge < -0.3 is 17.7 Å². The van der Waals surface area contributed by atoms with Crippen molar-refractivity contribution in [3.63, 3.8) is 0 Å². The minimum atomic E-state index is -2.93. The van der Waals surface area contributed by atoms with Gasteiger partial charge in [-0.05, 0) is 38.5 Å². The molecule has 0 saturated carbocycles. The maximum Gasteiger partial charge on any atom is 0.679 e. The lowest BCUT2D eigenvalue weighted by atomic mass is 10.2. The maximum absolute atomic E-state index is 5.88. The summed E-state index contributed by atoms with van der Waals surface area (Å²) in [5.41, 5.74) is 0. The van der Waals surface area contributed by atoms with Gasteiger partial charge in [-0.3, -0.25) is 0 Å². The first-order chi connectivity index (χ1) is 8.95. The lowest BCUT2D eigenvalue weighted by Gasteiger charge is -2.28. The third-order valence-corrected chi connectivity index (χ3v) is 4.99. The molecule has 0 aromatic rings. The van der Waals surface area contributed by atoms with E-state index in [2.05, 4.69) is 27.7 Å². The average Bonchev–Trinajstić information content (AvgIpc) is 2.28. The SMILES string of the molecule is CCO[Si](OCC)(OCCC(C)C)OCCC(C)C. The van der Waals surface area contributed by atoms with Crippen molar-refractivity contribution in [3.05, 3.63) is 0 Å². The molecule has 0 fully saturated rings. The predicted molar refractivity (Wildman–Crippen MR) is 79.8 cm³/mol. The van der Waals surface area contributed by atoms with E-state index >= 15 is 0 Å². The molecule has 0 rings (SSSR count). The standard InChI is InChI=1S/C14H32O4Si/c1-7-15-19(16-8-2,17-11-9-13(3)4)18-12-10-14(5)6/h13-14H,7-12H2,1-6H3. The summed E-state index contributed by atoms with van der Waals surface area (Å²) in [6.45, 7) is 14.9. The Balaban J connectivity index is 4.38. The molecule has 0 unspecified atom stereocenters. The Morgan fingerprint density at radius 1 is 0.684 bits per heavy atom. The van der Waals surface area contributed by atoms with Crippen molar-refractivity contribution in [2.24, 2.45) is 11.8 Å². The number of hydrogen-bond donors (Lipinski definition) is 0. The first kappa shape index (κ1) is 19.1. The van der Waals surface area contributed by atoms with Gasteiger partial charge in [0.25, 0.3) is 0 Å². The van der Waals surface area contributed by atoms with E-state index in [1.54, 1.807) is 0 Å². The molecule has 0 aliphatic rings. The second kappa shape index (κ2) is 10.8. The van der Waals surface area contributed by atoms with Crippen LogP contribution in [0.2, 0.25) is 0 Å². The Morgan fingerprint density at radius 2 is 1.05 bits per heavy atom. The highest BCUT2D eigenvalue weighted by atomic mass is 28.4. The van der Waals surface area contributed by atoms with Crippen molar-refractivity contribution in [2.45, 2.75) is 54.4 Å². The van der Waals surface area contributed by atoms with Crippen molar-refractivity contribution in [1.29, 1.82) is 0 Å². The van der Waals surface area contributed by atoms with Crippen LogP contribution in [0.15, 0.2) is 0 Å². The van der Waals surface area contributed by atoms with Gasteiger partial charge in [-0.15, -0.1) is 0 Å². The molecule has 0 aliphatic heterocycles. The maximum atomic E-state index is 5.88. The Morgan fingerprint density at radius 3 is 1.32 bits per heavy atom. The van der Waals surface area contributed by atoms with Crippen molar-refractivity contribution in [3.8, 4) is 0 Å². The van der Waals surface area contributed by atoms with Gasteiger partial charge in [0.1, 0.15) is 0 Å². The van der Waals surface area contributed by atoms with Crippen LogP contribution in [0, 0.1) is 11.8 Å². The Hall–Kier alpha value is 0.0569. The van der Waals surface area contributed by atoms with E-state index in [4.69, 9.17) is 17.7 Å². The average molecular weight is 292 g/mol. The molecule has 0 aliphatic carbocycles. The molecule has 5 heteroatoms. The first-order valence-electron chi connectivity index (χ1n) is 7.51. The first-order valence-corrected chi connectivity index (χ1v) is 9.14. The summed E-state index contributed by atoms with van der Waals surface area (Å²) < 4.78 is 23.2. The van der Waals surface area contributed by atoms with Gasteiger partial charge in [0.2, 0.25) is 0 Å². The third-order valence-electron chi connectivity index (χ3n) is 2.59. The molecule has 19 heavy (non-hydrogen) atoms. The van der Waals surface area contributed by atoms with Crippen LogP contribution in [0.3, 0.4) is 0 Å². The van der Waals surface area contributed by atoms with Gasteiger partial charge in [-0.2, -0.15) is 0 Å². The Bertz CT molecular complexity index is 188. The summed E-state index contributed by atoms with van der Waals surface area (Å²) in [5.74, 6) is 1.20. The molecule has 0 aromatic carbocycles. The van der Waals surface area contributed by atoms with Crippen molar-refractivity contribution >= 4 is 9.05 Å². The zero-order valence-electron chi connectivity index (χ0n) is 13.5. The largest absolute Gasteiger partial charge is 0.679 e. The minimum absolute atomic E-state index is 0.551. The van der Waals surface area contributed by atoms with Gasteiger partial charge in [-0.25, -0.2) is 0 Å². The van der Waals surface area contributed by atoms with Gasteiger partial charge >= 0.3 is 9.05 Å². The zero-order valence-corrected chi connectivity index (χ0v) is 14.5. The van der Waals surface area contributed by atoms with Crippen LogP contribution in [-0.2, 0) is 17.7 Å². The lowest BCUT2D eigenvalue weighted by Crippen LogP contribution is -2.50. The van der Waals surface area contributed by atoms with E-state index in [0.717, 1.165) is 12.8 Å². The van der Waals surface area contributed by atoms with Crippen LogP contribution < -0.4 is 0 Å². The molecule has 0 radical (unpaired) electrons. The van der Waals surface area contributed by atoms with Crippen molar-refractivity contribution in [1.82, 2.24) is 0 Å². The van der Waals surface area contributed by atoms with E-state index in [-0.39, 0.29) is 0 Å². The molecule has 0 saturated heterocycles. The minimum Gasteiger partial charge on any atom is -0.351 e. The van der Waals surface area contributed by atoms with E-state index in [1.165, 1.54) is 0 Å². The van der Waals surface area contributed by atoms with E-state index in [0.29, 0.717) is 38.3 Å². The van der Waals surface area contributed by atoms with E-state index < -0.39 is 9.05 Å². The zero-order chi connectivity index (χ0) is 14.7. The fraction of sp³-hybridized carbons (Fsp3) is 1.00. The molecular formula is C14H32O4Si. The van der Waals surface area contributed by atoms with E-state index in [1.807, 2.05) is 13.8 Å². The van der Waals surface area contributed by atoms with Crippen molar-refractivity contribution < 1.29 is 17.7 Å². The fourth-order valence-corrected chi connectivity index (χ4v) is 3.39. The molecule has 0 aromatic heterocycles. The second-order valence-electron chi connectivity index (χ2n) is 5.43. The molecule has 0 amide bonds. The summed E-state index contributed by atoms with van der Waals surface area (Å²) in [5, 5.41) is 0. The quantitative estimate of drug-likeness (QED) is 0.515. The summed E-state index contributed by atoms with van der Waals surface area (Å²) >= 11 is 0. The Labute approximate surface area is 120 Å². The molecule has 116 valence electrons. The van der Waals surface area contributed by atoms with Crippen molar-refractivity contribution in [2.75, 3.05) is 26.4 Å². The van der Waals surface area contributed by atoms with Gasteiger partial charge in [-0.1, -0.05) is 27.7 Å². The second-order valence-corrected chi connectivity index (χ2v) is 7.58. The van der Waals surface area contributed by atoms with Gasteiger partial charge in [0.05, 0.1) is 0 Å². The highest BCUT2D eigenvalue weighted by Gasteiger charge is 2.45. The van der Waals surface area contributed by atoms with Crippen LogP contribution in [0.4, 0.5) is 0 Å². The molecule has 0 spiro atoms. The molecule has 4 nitrogen and oxygen atoms in total. The lowest BCUT2D eigenvalue weighted by molar-refractivity contribution is -0.0332. The van der Waals surface area contributed by atoms with Crippen LogP contribution >= 0.6 is 0 Å². The van der Waals surface area contributed by atoms with Gasteiger partial charge in [0, 0.05) is 26.4 Å². The predicted octanol–water partition coefficient (Wildman–Crippen LogP) is 3.62. The summed E-state index contributed by atoms with van der Waals surface area (Å²) in [6.07, 6.45) is 1.98. The van der Waals surface area contributed by atoms with Crippen LogP contribution in [0.5, 0.6) is 0 Å². The summed E-state index contributed by atoms with van der Waals surface area (Å²) in [4.78, 5) is 0. The summed E-state index contributed by atoms with van der Waals surface area (Å²) in [7, 11) is -2.93. The summed E-state index contributed by atoms with van der Waals surface area (Å²) in [6, 6.07) is 0. The smallest absolute Gasteiger partial charge is 0.351 e. The molecule has 0 atom stereocenters. The van der Waals surface area contributed by atoms with Crippen LogP contribution in [0.1, 0.15) is 54.4 Å². The monoisotopic (exact) mass is 292 g/mol. The fourth-order valence-electron chi connectivity index (χ4n) is 1.44. The van der Waals surface area contributed by atoms with Crippen LogP contribution in [-0.4, -0.2) is 35.5 Å². The highest BCUT2D eigenvalue weighted by Crippen LogP contribution is 2.15. The third kappa shape index (κ3) is 9.57. The van der Waals surface area contributed by atoms with E-state index in [9.17, 15) is 0 Å². The Kier molecular flexibility index (Phi) is 10.8. The molecule has 0 N–H and O–H groups in total. The van der Waals surface area contributed by atoms with Gasteiger partial charge in [0.15, 0.2) is 0 Å².